The van der Waals surface area contributed by atoms with Gasteiger partial charge in [-0.25, -0.2) is 4.39 Å². The molecule has 0 amide bonds. The van der Waals surface area contributed by atoms with Crippen molar-refractivity contribution in [2.24, 2.45) is 0 Å². The first-order valence-electron chi connectivity index (χ1n) is 7.91. The Morgan fingerprint density at radius 1 is 1.43 bits per heavy atom. The Kier molecular flexibility index (Phi) is 3.93. The van der Waals surface area contributed by atoms with Crippen LogP contribution in [-0.2, 0) is 6.42 Å². The molecule has 1 aromatic rings. The fourth-order valence-corrected chi connectivity index (χ4v) is 3.32. The van der Waals surface area contributed by atoms with E-state index in [1.165, 1.54) is 6.07 Å². The van der Waals surface area contributed by atoms with Crippen molar-refractivity contribution in [3.8, 4) is 5.75 Å². The molecule has 1 N–H and O–H groups in total. The van der Waals surface area contributed by atoms with E-state index in [0.717, 1.165) is 43.8 Å². The van der Waals surface area contributed by atoms with Crippen LogP contribution in [-0.4, -0.2) is 42.2 Å². The molecule has 116 valence electrons. The zero-order valence-electron chi connectivity index (χ0n) is 13.2. The molecule has 2 atom stereocenters. The van der Waals surface area contributed by atoms with Crippen molar-refractivity contribution >= 4 is 0 Å². The largest absolute Gasteiger partial charge is 0.488 e. The quantitative estimate of drug-likeness (QED) is 0.927. The van der Waals surface area contributed by atoms with Gasteiger partial charge in [-0.2, -0.15) is 0 Å². The van der Waals surface area contributed by atoms with Gasteiger partial charge in [-0.3, -0.25) is 4.90 Å². The molecular weight excluding hydrogens is 267 g/mol. The van der Waals surface area contributed by atoms with Crippen LogP contribution in [0.25, 0.3) is 0 Å². The molecule has 2 aliphatic rings. The van der Waals surface area contributed by atoms with E-state index >= 15 is 0 Å². The minimum atomic E-state index is -0.174. The maximum atomic E-state index is 13.3. The molecule has 4 heteroatoms. The molecule has 1 fully saturated rings. The highest BCUT2D eigenvalue weighted by molar-refractivity contribution is 5.38. The lowest BCUT2D eigenvalue weighted by Gasteiger charge is -2.46. The number of hydrogen-bond donors (Lipinski definition) is 1. The lowest BCUT2D eigenvalue weighted by molar-refractivity contribution is 0.0324. The number of benzene rings is 1. The van der Waals surface area contributed by atoms with Gasteiger partial charge in [0.2, 0.25) is 0 Å². The van der Waals surface area contributed by atoms with Crippen LogP contribution >= 0.6 is 0 Å². The predicted molar refractivity (Wildman–Crippen MR) is 82.3 cm³/mol. The molecule has 2 aliphatic heterocycles. The molecule has 0 aromatic heterocycles. The molecule has 3 nitrogen and oxygen atoms in total. The smallest absolute Gasteiger partial charge is 0.123 e. The molecule has 1 saturated heterocycles. The summed E-state index contributed by atoms with van der Waals surface area (Å²) in [5.74, 6) is 0.674. The van der Waals surface area contributed by atoms with Gasteiger partial charge in [-0.1, -0.05) is 6.92 Å². The number of nitrogens with zero attached hydrogens (tertiary/aromatic N) is 1. The summed E-state index contributed by atoms with van der Waals surface area (Å²) in [5, 5.41) is 3.61. The molecule has 1 aromatic carbocycles. The molecule has 0 saturated carbocycles. The molecule has 0 bridgehead atoms. The summed E-state index contributed by atoms with van der Waals surface area (Å²) in [7, 11) is 0. The molecule has 21 heavy (non-hydrogen) atoms. The zero-order chi connectivity index (χ0) is 15.0. The number of halogens is 1. The third-order valence-corrected chi connectivity index (χ3v) is 4.80. The second kappa shape index (κ2) is 5.58. The number of piperazine rings is 1. The lowest BCUT2D eigenvalue weighted by Crippen LogP contribution is -2.63. The number of rotatable bonds is 3. The molecular formula is C17H25FN2O. The summed E-state index contributed by atoms with van der Waals surface area (Å²) in [6.45, 7) is 9.72. The SMILES string of the molecule is CCC1CN(CC2Cc3cc(F)ccc3O2)C(C)(C)CN1. The van der Waals surface area contributed by atoms with Crippen LogP contribution in [0.1, 0.15) is 32.8 Å². The fraction of sp³-hybridized carbons (Fsp3) is 0.647. The van der Waals surface area contributed by atoms with E-state index in [1.807, 2.05) is 0 Å². The van der Waals surface area contributed by atoms with Crippen molar-refractivity contribution in [1.82, 2.24) is 10.2 Å². The van der Waals surface area contributed by atoms with Crippen LogP contribution in [0.4, 0.5) is 4.39 Å². The Labute approximate surface area is 126 Å². The predicted octanol–water partition coefficient (Wildman–Crippen LogP) is 2.59. The first-order valence-corrected chi connectivity index (χ1v) is 7.91. The lowest BCUT2D eigenvalue weighted by atomic mass is 9.95. The second-order valence-corrected chi connectivity index (χ2v) is 6.90. The molecule has 3 rings (SSSR count). The topological polar surface area (TPSA) is 24.5 Å². The van der Waals surface area contributed by atoms with E-state index in [1.54, 1.807) is 12.1 Å². The third kappa shape index (κ3) is 3.06. The van der Waals surface area contributed by atoms with E-state index in [2.05, 4.69) is 31.0 Å². The summed E-state index contributed by atoms with van der Waals surface area (Å²) < 4.78 is 19.3. The Morgan fingerprint density at radius 3 is 3.00 bits per heavy atom. The van der Waals surface area contributed by atoms with Gasteiger partial charge in [0.15, 0.2) is 0 Å². The summed E-state index contributed by atoms with van der Waals surface area (Å²) >= 11 is 0. The maximum Gasteiger partial charge on any atom is 0.123 e. The standard InChI is InChI=1S/C17H25FN2O/c1-4-14-9-20(17(2,3)11-19-14)10-15-8-12-7-13(18)5-6-16(12)21-15/h5-7,14-15,19H,4,8-11H2,1-3H3. The van der Waals surface area contributed by atoms with Gasteiger partial charge in [0.1, 0.15) is 17.7 Å². The molecule has 0 aliphatic carbocycles. The monoisotopic (exact) mass is 292 g/mol. The molecule has 2 unspecified atom stereocenters. The summed E-state index contributed by atoms with van der Waals surface area (Å²) in [5.41, 5.74) is 1.13. The molecule has 0 spiro atoms. The fourth-order valence-electron chi connectivity index (χ4n) is 3.32. The van der Waals surface area contributed by atoms with Crippen LogP contribution < -0.4 is 10.1 Å². The summed E-state index contributed by atoms with van der Waals surface area (Å²) in [4.78, 5) is 2.52. The average molecular weight is 292 g/mol. The van der Waals surface area contributed by atoms with Crippen LogP contribution in [0.5, 0.6) is 5.75 Å². The van der Waals surface area contributed by atoms with Crippen molar-refractivity contribution in [3.63, 3.8) is 0 Å². The number of fused-ring (bicyclic) bond motifs is 1. The molecule has 0 radical (unpaired) electrons. The van der Waals surface area contributed by atoms with Crippen molar-refractivity contribution in [2.75, 3.05) is 19.6 Å². The van der Waals surface area contributed by atoms with Crippen molar-refractivity contribution < 1.29 is 9.13 Å². The minimum Gasteiger partial charge on any atom is -0.488 e. The van der Waals surface area contributed by atoms with Crippen LogP contribution in [0.2, 0.25) is 0 Å². The van der Waals surface area contributed by atoms with Gasteiger partial charge < -0.3 is 10.1 Å². The van der Waals surface area contributed by atoms with Crippen LogP contribution in [0.15, 0.2) is 18.2 Å². The highest BCUT2D eigenvalue weighted by Crippen LogP contribution is 2.31. The first-order chi connectivity index (χ1) is 9.98. The number of ether oxygens (including phenoxy) is 1. The van der Waals surface area contributed by atoms with E-state index in [0.29, 0.717) is 6.04 Å². The molecule has 2 heterocycles. The zero-order valence-corrected chi connectivity index (χ0v) is 13.2. The van der Waals surface area contributed by atoms with Gasteiger partial charge in [0.25, 0.3) is 0 Å². The number of hydrogen-bond acceptors (Lipinski definition) is 3. The van der Waals surface area contributed by atoms with E-state index < -0.39 is 0 Å². The Hall–Kier alpha value is -1.13. The van der Waals surface area contributed by atoms with Crippen molar-refractivity contribution in [3.05, 3.63) is 29.6 Å². The Morgan fingerprint density at radius 2 is 2.24 bits per heavy atom. The van der Waals surface area contributed by atoms with E-state index in [-0.39, 0.29) is 17.5 Å². The van der Waals surface area contributed by atoms with Crippen molar-refractivity contribution in [2.45, 2.75) is 51.3 Å². The summed E-state index contributed by atoms with van der Waals surface area (Å²) in [6.07, 6.45) is 2.09. The highest BCUT2D eigenvalue weighted by Gasteiger charge is 2.36. The normalized spacial score (nSPS) is 28.2. The van der Waals surface area contributed by atoms with Gasteiger partial charge in [0.05, 0.1) is 0 Å². The maximum absolute atomic E-state index is 13.3. The van der Waals surface area contributed by atoms with Gasteiger partial charge in [0, 0.05) is 43.2 Å². The Balaban J connectivity index is 1.67. The average Bonchev–Trinajstić information content (AvgIpc) is 2.82. The van der Waals surface area contributed by atoms with Crippen molar-refractivity contribution in [1.29, 1.82) is 0 Å². The van der Waals surface area contributed by atoms with Gasteiger partial charge in [-0.05, 0) is 38.5 Å². The highest BCUT2D eigenvalue weighted by atomic mass is 19.1. The second-order valence-electron chi connectivity index (χ2n) is 6.90. The van der Waals surface area contributed by atoms with E-state index in [4.69, 9.17) is 4.74 Å². The number of nitrogens with one attached hydrogen (secondary N) is 1. The van der Waals surface area contributed by atoms with Crippen LogP contribution in [0.3, 0.4) is 0 Å². The minimum absolute atomic E-state index is 0.134. The van der Waals surface area contributed by atoms with Gasteiger partial charge >= 0.3 is 0 Å². The Bertz CT molecular complexity index is 518. The summed E-state index contributed by atoms with van der Waals surface area (Å²) in [6, 6.07) is 5.39. The van der Waals surface area contributed by atoms with Gasteiger partial charge in [-0.15, -0.1) is 0 Å². The van der Waals surface area contributed by atoms with E-state index in [9.17, 15) is 4.39 Å². The first kappa shape index (κ1) is 14.8. The third-order valence-electron chi connectivity index (χ3n) is 4.80. The van der Waals surface area contributed by atoms with Crippen LogP contribution in [0, 0.1) is 5.82 Å².